The minimum absolute atomic E-state index is 0. The highest BCUT2D eigenvalue weighted by molar-refractivity contribution is 7.59. The Morgan fingerprint density at radius 1 is 1.19 bits per heavy atom. The Kier molecular flexibility index (Phi) is 8.05. The molecule has 11 heteroatoms. The van der Waals surface area contributed by atoms with Gasteiger partial charge in [-0.25, -0.2) is 9.37 Å². The number of para-hydroxylation sites is 1. The number of aryl methyl sites for hydroxylation is 1. The van der Waals surface area contributed by atoms with E-state index < -0.39 is 5.82 Å². The molecule has 37 heavy (non-hydrogen) atoms. The number of anilines is 1. The molecule has 6 rings (SSSR count). The van der Waals surface area contributed by atoms with Crippen LogP contribution in [0, 0.1) is 5.82 Å². The van der Waals surface area contributed by atoms with Gasteiger partial charge in [0.05, 0.1) is 19.0 Å². The van der Waals surface area contributed by atoms with Gasteiger partial charge in [0.1, 0.15) is 5.82 Å². The molecule has 0 bridgehead atoms. The van der Waals surface area contributed by atoms with Crippen LogP contribution in [0.1, 0.15) is 36.1 Å². The number of hydrogen-bond acceptors (Lipinski definition) is 6. The smallest absolute Gasteiger partial charge is 0.228 e. The summed E-state index contributed by atoms with van der Waals surface area (Å²) in [6.45, 7) is 2.61. The molecular weight excluding hydrogens is 509 g/mol. The summed E-state index contributed by atoms with van der Waals surface area (Å²) in [5.41, 5.74) is 5.97. The van der Waals surface area contributed by atoms with Crippen LogP contribution in [0.5, 0.6) is 0 Å². The summed E-state index contributed by atoms with van der Waals surface area (Å²) in [5, 5.41) is 9.49. The van der Waals surface area contributed by atoms with Gasteiger partial charge in [0.15, 0.2) is 11.5 Å². The number of pyridine rings is 1. The first kappa shape index (κ1) is 26.9. The molecule has 0 aliphatic heterocycles. The SMILES string of the molecule is COC[C@@H](C)c1cnn2c(NC3CCc4[nH]c5ccccc5c4C3)nc(-c3cncc(F)c3)nc12.S.S. The lowest BCUT2D eigenvalue weighted by atomic mass is 9.91. The number of H-pyrrole nitrogens is 1. The summed E-state index contributed by atoms with van der Waals surface area (Å²) in [4.78, 5) is 17.1. The van der Waals surface area contributed by atoms with Crippen molar-refractivity contribution < 1.29 is 9.13 Å². The molecule has 194 valence electrons. The minimum Gasteiger partial charge on any atom is -0.384 e. The van der Waals surface area contributed by atoms with E-state index in [2.05, 4.69) is 51.6 Å². The van der Waals surface area contributed by atoms with Gasteiger partial charge in [0.2, 0.25) is 5.95 Å². The molecule has 4 heterocycles. The summed E-state index contributed by atoms with van der Waals surface area (Å²) < 4.78 is 21.1. The Morgan fingerprint density at radius 3 is 2.84 bits per heavy atom. The van der Waals surface area contributed by atoms with E-state index in [1.54, 1.807) is 17.8 Å². The number of rotatable bonds is 6. The maximum absolute atomic E-state index is 14.0. The summed E-state index contributed by atoms with van der Waals surface area (Å²) in [7, 11) is 1.68. The highest BCUT2D eigenvalue weighted by Gasteiger charge is 2.25. The molecule has 0 saturated heterocycles. The molecule has 5 aromatic rings. The summed E-state index contributed by atoms with van der Waals surface area (Å²) in [6, 6.07) is 9.99. The van der Waals surface area contributed by atoms with Crippen molar-refractivity contribution in [3.8, 4) is 11.4 Å². The number of halogens is 1. The molecule has 0 radical (unpaired) electrons. The van der Waals surface area contributed by atoms with Crippen molar-refractivity contribution in [1.29, 1.82) is 0 Å². The number of methoxy groups -OCH3 is 1. The second-order valence-corrected chi connectivity index (χ2v) is 9.17. The van der Waals surface area contributed by atoms with Crippen LogP contribution in [-0.2, 0) is 17.6 Å². The van der Waals surface area contributed by atoms with E-state index in [9.17, 15) is 4.39 Å². The second kappa shape index (κ2) is 11.1. The molecule has 1 aromatic carbocycles. The largest absolute Gasteiger partial charge is 0.384 e. The van der Waals surface area contributed by atoms with Crippen LogP contribution in [0.3, 0.4) is 0 Å². The maximum Gasteiger partial charge on any atom is 0.228 e. The van der Waals surface area contributed by atoms with Crippen LogP contribution in [0.15, 0.2) is 48.9 Å². The van der Waals surface area contributed by atoms with Crippen molar-refractivity contribution in [2.75, 3.05) is 19.0 Å². The molecule has 1 aliphatic rings. The second-order valence-electron chi connectivity index (χ2n) is 9.17. The van der Waals surface area contributed by atoms with E-state index in [0.29, 0.717) is 29.6 Å². The van der Waals surface area contributed by atoms with E-state index in [-0.39, 0.29) is 39.0 Å². The fourth-order valence-electron chi connectivity index (χ4n) is 5.01. The zero-order valence-corrected chi connectivity index (χ0v) is 22.6. The first-order valence-electron chi connectivity index (χ1n) is 11.8. The number of nitrogens with zero attached hydrogens (tertiary/aromatic N) is 5. The quantitative estimate of drug-likeness (QED) is 0.324. The standard InChI is InChI=1S/C26H26FN7O.2H2S/c1-15(14-35-2)21-13-29-34-25(21)32-24(16-9-17(27)12-28-11-16)33-26(34)30-18-7-8-23-20(10-18)19-5-3-4-6-22(19)31-23;;/h3-6,9,11-13,15,18,31H,7-8,10,14H2,1-2H3,(H,30,32,33);2*1H2/t15-,18?;;/m1../s1. The monoisotopic (exact) mass is 539 g/mol. The Labute approximate surface area is 228 Å². The van der Waals surface area contributed by atoms with Gasteiger partial charge in [-0.15, -0.1) is 0 Å². The molecule has 2 atom stereocenters. The van der Waals surface area contributed by atoms with Crippen molar-refractivity contribution in [3.63, 3.8) is 0 Å². The first-order valence-corrected chi connectivity index (χ1v) is 11.8. The number of aromatic amines is 1. The number of aromatic nitrogens is 6. The van der Waals surface area contributed by atoms with Crippen LogP contribution < -0.4 is 5.32 Å². The molecule has 0 amide bonds. The molecule has 0 saturated carbocycles. The normalized spacial score (nSPS) is 15.6. The predicted molar refractivity (Wildman–Crippen MR) is 153 cm³/mol. The third-order valence-corrected chi connectivity index (χ3v) is 6.73. The van der Waals surface area contributed by atoms with Gasteiger partial charge >= 0.3 is 0 Å². The molecule has 8 nitrogen and oxygen atoms in total. The lowest BCUT2D eigenvalue weighted by molar-refractivity contribution is 0.184. The lowest BCUT2D eigenvalue weighted by Gasteiger charge is -2.24. The van der Waals surface area contributed by atoms with Gasteiger partial charge in [-0.05, 0) is 37.0 Å². The Balaban J connectivity index is 0.00000160. The number of benzene rings is 1. The fraction of sp³-hybridized carbons (Fsp3) is 0.308. The third kappa shape index (κ3) is 5.03. The summed E-state index contributed by atoms with van der Waals surface area (Å²) >= 11 is 0. The Morgan fingerprint density at radius 2 is 2.03 bits per heavy atom. The Hall–Kier alpha value is -3.15. The number of fused-ring (bicyclic) bond motifs is 4. The Bertz CT molecular complexity index is 1540. The molecule has 4 aromatic heterocycles. The lowest BCUT2D eigenvalue weighted by Crippen LogP contribution is -2.29. The van der Waals surface area contributed by atoms with Crippen LogP contribution in [-0.4, -0.2) is 49.3 Å². The number of ether oxygens (including phenoxy) is 1. The van der Waals surface area contributed by atoms with E-state index in [1.807, 2.05) is 6.20 Å². The maximum atomic E-state index is 14.0. The van der Waals surface area contributed by atoms with Crippen molar-refractivity contribution in [2.24, 2.45) is 0 Å². The molecule has 1 unspecified atom stereocenters. The average molecular weight is 540 g/mol. The van der Waals surface area contributed by atoms with Crippen molar-refractivity contribution in [1.82, 2.24) is 29.5 Å². The first-order chi connectivity index (χ1) is 17.1. The van der Waals surface area contributed by atoms with E-state index in [0.717, 1.165) is 24.8 Å². The predicted octanol–water partition coefficient (Wildman–Crippen LogP) is 4.75. The summed E-state index contributed by atoms with van der Waals surface area (Å²) in [6.07, 6.45) is 7.34. The van der Waals surface area contributed by atoms with Crippen molar-refractivity contribution in [3.05, 3.63) is 71.6 Å². The van der Waals surface area contributed by atoms with Crippen molar-refractivity contribution in [2.45, 2.75) is 38.1 Å². The molecule has 2 N–H and O–H groups in total. The van der Waals surface area contributed by atoms with Crippen LogP contribution in [0.2, 0.25) is 0 Å². The van der Waals surface area contributed by atoms with Crippen molar-refractivity contribution >= 4 is 49.5 Å². The zero-order valence-electron chi connectivity index (χ0n) is 20.6. The molecular formula is C26H30FN7OS2. The zero-order chi connectivity index (χ0) is 23.9. The van der Waals surface area contributed by atoms with Crippen LogP contribution in [0.25, 0.3) is 27.9 Å². The summed E-state index contributed by atoms with van der Waals surface area (Å²) in [5.74, 6) is 0.642. The van der Waals surface area contributed by atoms with E-state index in [1.165, 1.54) is 34.4 Å². The molecule has 0 spiro atoms. The van der Waals surface area contributed by atoms with Crippen LogP contribution in [0.4, 0.5) is 10.3 Å². The van der Waals surface area contributed by atoms with Crippen LogP contribution >= 0.6 is 27.0 Å². The fourth-order valence-corrected chi connectivity index (χ4v) is 5.01. The van der Waals surface area contributed by atoms with E-state index >= 15 is 0 Å². The topological polar surface area (TPSA) is 93.0 Å². The average Bonchev–Trinajstić information content (AvgIpc) is 3.46. The highest BCUT2D eigenvalue weighted by atomic mass is 32.1. The van der Waals surface area contributed by atoms with Gasteiger partial charge in [-0.1, -0.05) is 25.1 Å². The van der Waals surface area contributed by atoms with Gasteiger partial charge in [-0.3, -0.25) is 4.98 Å². The van der Waals surface area contributed by atoms with Gasteiger partial charge in [0, 0.05) is 53.0 Å². The molecule has 0 fully saturated rings. The molecule has 1 aliphatic carbocycles. The van der Waals surface area contributed by atoms with Gasteiger partial charge in [0.25, 0.3) is 0 Å². The number of nitrogens with one attached hydrogen (secondary N) is 2. The van der Waals surface area contributed by atoms with Gasteiger partial charge < -0.3 is 15.0 Å². The van der Waals surface area contributed by atoms with E-state index in [4.69, 9.17) is 14.7 Å². The minimum atomic E-state index is -0.430. The number of hydrogen-bond donors (Lipinski definition) is 2. The third-order valence-electron chi connectivity index (χ3n) is 6.73. The van der Waals surface area contributed by atoms with Gasteiger partial charge in [-0.2, -0.15) is 41.6 Å². The highest BCUT2D eigenvalue weighted by Crippen LogP contribution is 2.31.